The zero-order valence-corrected chi connectivity index (χ0v) is 7.73. The summed E-state index contributed by atoms with van der Waals surface area (Å²) in [6.07, 6.45) is 0. The Morgan fingerprint density at radius 2 is 1.85 bits per heavy atom. The van der Waals surface area contributed by atoms with Crippen LogP contribution in [0.1, 0.15) is 5.56 Å². The number of nitrogens with zero attached hydrogens (tertiary/aromatic N) is 3. The summed E-state index contributed by atoms with van der Waals surface area (Å²) in [5, 5.41) is 8.98. The third kappa shape index (κ3) is 3.92. The smallest absolute Gasteiger partial charge is 0.0648 e. The lowest BCUT2D eigenvalue weighted by Crippen LogP contribution is -1.98. The van der Waals surface area contributed by atoms with E-state index in [9.17, 15) is 0 Å². The molecule has 0 spiro atoms. The van der Waals surface area contributed by atoms with Gasteiger partial charge in [-0.25, -0.2) is 0 Å². The highest BCUT2D eigenvalue weighted by atomic mass is 15.5. The molecule has 0 aliphatic carbocycles. The Balaban J connectivity index is 2.59. The van der Waals surface area contributed by atoms with Crippen LogP contribution in [0.25, 0.3) is 0 Å². The largest absolute Gasteiger partial charge is 0.284 e. The molecule has 3 nitrogen and oxygen atoms in total. The molecule has 0 atom stereocenters. The van der Waals surface area contributed by atoms with Gasteiger partial charge in [0.05, 0.1) is 6.04 Å². The Bertz CT molecular complexity index is 330. The van der Waals surface area contributed by atoms with Crippen molar-refractivity contribution in [3.8, 4) is 12.0 Å². The van der Waals surface area contributed by atoms with E-state index in [0.717, 1.165) is 5.56 Å². The third-order valence-corrected chi connectivity index (χ3v) is 1.25. The van der Waals surface area contributed by atoms with Gasteiger partial charge in [0.2, 0.25) is 0 Å². The summed E-state index contributed by atoms with van der Waals surface area (Å²) in [5.74, 6) is 2.86. The van der Waals surface area contributed by atoms with Crippen molar-refractivity contribution in [1.29, 1.82) is 0 Å². The molecule has 0 fully saturated rings. The summed E-state index contributed by atoms with van der Waals surface area (Å²) >= 11 is 0. The Labute approximate surface area is 78.1 Å². The average molecular weight is 173 g/mol. The maximum Gasteiger partial charge on any atom is 0.0648 e. The minimum atomic E-state index is 0.945. The van der Waals surface area contributed by atoms with Crippen LogP contribution >= 0.6 is 0 Å². The van der Waals surface area contributed by atoms with Crippen molar-refractivity contribution in [3.63, 3.8) is 0 Å². The van der Waals surface area contributed by atoms with Crippen LogP contribution in [0, 0.1) is 12.0 Å². The molecule has 13 heavy (non-hydrogen) atoms. The first-order valence-corrected chi connectivity index (χ1v) is 3.93. The number of rotatable bonds is 1. The lowest BCUT2D eigenvalue weighted by molar-refractivity contribution is 0.409. The van der Waals surface area contributed by atoms with Gasteiger partial charge in [-0.3, -0.25) is 5.01 Å². The van der Waals surface area contributed by atoms with Gasteiger partial charge in [-0.1, -0.05) is 28.5 Å². The Morgan fingerprint density at radius 1 is 1.15 bits per heavy atom. The Kier molecular flexibility index (Phi) is 3.52. The van der Waals surface area contributed by atoms with Crippen LogP contribution in [0.3, 0.4) is 0 Å². The highest BCUT2D eigenvalue weighted by Crippen LogP contribution is 1.94. The van der Waals surface area contributed by atoms with Crippen LogP contribution in [0.4, 0.5) is 0 Å². The van der Waals surface area contributed by atoms with Crippen LogP contribution in [0.2, 0.25) is 0 Å². The zero-order valence-electron chi connectivity index (χ0n) is 7.73. The topological polar surface area (TPSA) is 28.0 Å². The summed E-state index contributed by atoms with van der Waals surface area (Å²) in [7, 11) is 3.60. The van der Waals surface area contributed by atoms with E-state index in [1.54, 1.807) is 19.1 Å². The van der Waals surface area contributed by atoms with Crippen LogP contribution in [-0.4, -0.2) is 19.1 Å². The molecule has 0 saturated heterocycles. The molecule has 1 aromatic carbocycles. The molecule has 1 aromatic rings. The quantitative estimate of drug-likeness (QED) is 0.362. The van der Waals surface area contributed by atoms with Gasteiger partial charge < -0.3 is 0 Å². The highest BCUT2D eigenvalue weighted by Gasteiger charge is 1.79. The van der Waals surface area contributed by atoms with Gasteiger partial charge in [-0.15, -0.1) is 0 Å². The molecule has 66 valence electrons. The lowest BCUT2D eigenvalue weighted by Gasteiger charge is -1.96. The fraction of sp³-hybridized carbons (Fsp3) is 0.200. The van der Waals surface area contributed by atoms with Crippen molar-refractivity contribution >= 4 is 0 Å². The van der Waals surface area contributed by atoms with Gasteiger partial charge in [0.15, 0.2) is 0 Å². The molecular formula is C10H11N3. The Hall–Kier alpha value is -1.82. The summed E-state index contributed by atoms with van der Waals surface area (Å²) in [5.41, 5.74) is 0.945. The summed E-state index contributed by atoms with van der Waals surface area (Å²) in [6, 6.07) is 12.3. The van der Waals surface area contributed by atoms with Crippen molar-refractivity contribution in [2.45, 2.75) is 0 Å². The van der Waals surface area contributed by atoms with E-state index < -0.39 is 0 Å². The zero-order chi connectivity index (χ0) is 9.52. The molecule has 1 rings (SSSR count). The lowest BCUT2D eigenvalue weighted by atomic mass is 10.2. The molecule has 0 aromatic heterocycles. The number of benzene rings is 1. The number of hydrogen-bond donors (Lipinski definition) is 0. The van der Waals surface area contributed by atoms with Crippen molar-refractivity contribution in [3.05, 3.63) is 35.9 Å². The van der Waals surface area contributed by atoms with E-state index in [2.05, 4.69) is 22.3 Å². The summed E-state index contributed by atoms with van der Waals surface area (Å²) in [6.45, 7) is 0. The first-order chi connectivity index (χ1) is 6.29. The number of hydrogen-bond acceptors (Lipinski definition) is 2. The van der Waals surface area contributed by atoms with Crippen LogP contribution in [0.5, 0.6) is 0 Å². The van der Waals surface area contributed by atoms with Gasteiger partial charge in [0.1, 0.15) is 0 Å². The van der Waals surface area contributed by atoms with Crippen molar-refractivity contribution < 1.29 is 0 Å². The standard InChI is InChI=1S/C10H11N3/c1-13(2)12-11-9-8-10-6-4-3-5-7-10/h3-7H,1-2H3. The van der Waals surface area contributed by atoms with Gasteiger partial charge in [0.25, 0.3) is 0 Å². The molecule has 0 unspecified atom stereocenters. The molecule has 0 bridgehead atoms. The molecule has 0 radical (unpaired) electrons. The van der Waals surface area contributed by atoms with Crippen molar-refractivity contribution in [2.75, 3.05) is 14.1 Å². The van der Waals surface area contributed by atoms with E-state index in [1.165, 1.54) is 0 Å². The van der Waals surface area contributed by atoms with E-state index in [0.29, 0.717) is 0 Å². The van der Waals surface area contributed by atoms with Crippen molar-refractivity contribution in [2.24, 2.45) is 10.3 Å². The monoisotopic (exact) mass is 173 g/mol. The molecule has 0 heterocycles. The SMILES string of the molecule is CN(C)N=NC#Cc1ccccc1. The molecule has 0 aliphatic rings. The van der Waals surface area contributed by atoms with E-state index in [-0.39, 0.29) is 0 Å². The summed E-state index contributed by atoms with van der Waals surface area (Å²) in [4.78, 5) is 0. The van der Waals surface area contributed by atoms with Gasteiger partial charge in [0, 0.05) is 19.7 Å². The second-order valence-corrected chi connectivity index (χ2v) is 2.64. The van der Waals surface area contributed by atoms with E-state index >= 15 is 0 Å². The second-order valence-electron chi connectivity index (χ2n) is 2.64. The van der Waals surface area contributed by atoms with Crippen LogP contribution < -0.4 is 0 Å². The first kappa shape index (κ1) is 9.27. The van der Waals surface area contributed by atoms with Gasteiger partial charge in [-0.05, 0) is 18.1 Å². The molecule has 0 aliphatic heterocycles. The fourth-order valence-corrected chi connectivity index (χ4v) is 0.723. The predicted octanol–water partition coefficient (Wildman–Crippen LogP) is 1.92. The second kappa shape index (κ2) is 4.94. The first-order valence-electron chi connectivity index (χ1n) is 3.93. The minimum absolute atomic E-state index is 0.945. The predicted molar refractivity (Wildman–Crippen MR) is 51.9 cm³/mol. The summed E-state index contributed by atoms with van der Waals surface area (Å²) < 4.78 is 0. The molecule has 0 amide bonds. The highest BCUT2D eigenvalue weighted by molar-refractivity contribution is 5.32. The fourth-order valence-electron chi connectivity index (χ4n) is 0.723. The molecular weight excluding hydrogens is 162 g/mol. The molecule has 0 N–H and O–H groups in total. The van der Waals surface area contributed by atoms with Gasteiger partial charge in [-0.2, -0.15) is 0 Å². The minimum Gasteiger partial charge on any atom is -0.284 e. The van der Waals surface area contributed by atoms with Crippen LogP contribution in [-0.2, 0) is 0 Å². The van der Waals surface area contributed by atoms with Crippen molar-refractivity contribution in [1.82, 2.24) is 5.01 Å². The van der Waals surface area contributed by atoms with Crippen LogP contribution in [0.15, 0.2) is 40.7 Å². The van der Waals surface area contributed by atoms with E-state index in [4.69, 9.17) is 0 Å². The molecule has 3 heteroatoms. The van der Waals surface area contributed by atoms with E-state index in [1.807, 2.05) is 30.3 Å². The average Bonchev–Trinajstić information content (AvgIpc) is 2.14. The maximum absolute atomic E-state index is 3.72. The third-order valence-electron chi connectivity index (χ3n) is 1.25. The van der Waals surface area contributed by atoms with Gasteiger partial charge >= 0.3 is 0 Å². The Morgan fingerprint density at radius 3 is 2.46 bits per heavy atom. The normalized spacial score (nSPS) is 9.38. The maximum atomic E-state index is 3.72. The molecule has 0 saturated carbocycles.